The first-order valence-corrected chi connectivity index (χ1v) is 7.57. The van der Waals surface area contributed by atoms with E-state index in [0.717, 1.165) is 25.9 Å². The highest BCUT2D eigenvalue weighted by Crippen LogP contribution is 2.17. The number of anilines is 1. The lowest BCUT2D eigenvalue weighted by Gasteiger charge is -2.32. The summed E-state index contributed by atoms with van der Waals surface area (Å²) in [6.45, 7) is 1.61. The fourth-order valence-electron chi connectivity index (χ4n) is 2.60. The number of nitrogens with zero attached hydrogens (tertiary/aromatic N) is 5. The summed E-state index contributed by atoms with van der Waals surface area (Å²) in [5, 5.41) is 7.15. The van der Waals surface area contributed by atoms with Crippen molar-refractivity contribution in [3.63, 3.8) is 0 Å². The number of aromatic nitrogens is 4. The molecule has 0 saturated carbocycles. The smallest absolute Gasteiger partial charge is 0.271 e. The van der Waals surface area contributed by atoms with Crippen molar-refractivity contribution in [1.29, 1.82) is 0 Å². The minimum atomic E-state index is -0.121. The number of aryl methyl sites for hydroxylation is 1. The van der Waals surface area contributed by atoms with E-state index >= 15 is 0 Å². The van der Waals surface area contributed by atoms with E-state index in [4.69, 9.17) is 4.74 Å². The molecule has 8 heteroatoms. The molecular formula is C15H20N6O2. The molecule has 0 aliphatic carbocycles. The zero-order valence-corrected chi connectivity index (χ0v) is 13.3. The standard InChI is InChI=1S/C15H20N6O2/c1-20-6-5-13(19-20)14(22)18-11-3-7-21(8-4-11)15-16-9-12(23-2)10-17-15/h5-6,9-11H,3-4,7-8H2,1-2H3,(H,18,22). The third-order valence-corrected chi connectivity index (χ3v) is 3.91. The predicted molar refractivity (Wildman–Crippen MR) is 84.5 cm³/mol. The molecule has 122 valence electrons. The fourth-order valence-corrected chi connectivity index (χ4v) is 2.60. The molecule has 0 bridgehead atoms. The second-order valence-corrected chi connectivity index (χ2v) is 5.53. The minimum Gasteiger partial charge on any atom is -0.494 e. The van der Waals surface area contributed by atoms with Crippen LogP contribution in [0.25, 0.3) is 0 Å². The summed E-state index contributed by atoms with van der Waals surface area (Å²) in [5.41, 5.74) is 0.452. The zero-order chi connectivity index (χ0) is 16.2. The average molecular weight is 316 g/mol. The van der Waals surface area contributed by atoms with Crippen LogP contribution in [0, 0.1) is 0 Å². The van der Waals surface area contributed by atoms with Crippen molar-refractivity contribution in [3.8, 4) is 5.75 Å². The van der Waals surface area contributed by atoms with Gasteiger partial charge in [0.1, 0.15) is 5.69 Å². The van der Waals surface area contributed by atoms with E-state index in [-0.39, 0.29) is 11.9 Å². The summed E-state index contributed by atoms with van der Waals surface area (Å²) in [5.74, 6) is 1.22. The van der Waals surface area contributed by atoms with Gasteiger partial charge in [-0.2, -0.15) is 5.10 Å². The highest BCUT2D eigenvalue weighted by molar-refractivity contribution is 5.92. The highest BCUT2D eigenvalue weighted by Gasteiger charge is 2.23. The van der Waals surface area contributed by atoms with Crippen molar-refractivity contribution < 1.29 is 9.53 Å². The Morgan fingerprint density at radius 1 is 1.30 bits per heavy atom. The molecule has 1 aliphatic heterocycles. The molecule has 3 rings (SSSR count). The molecule has 1 saturated heterocycles. The Labute approximate surface area is 134 Å². The van der Waals surface area contributed by atoms with Gasteiger partial charge in [-0.15, -0.1) is 0 Å². The second-order valence-electron chi connectivity index (χ2n) is 5.53. The van der Waals surface area contributed by atoms with Crippen molar-refractivity contribution in [2.24, 2.45) is 7.05 Å². The Hall–Kier alpha value is -2.64. The van der Waals surface area contributed by atoms with Gasteiger partial charge in [0, 0.05) is 32.4 Å². The van der Waals surface area contributed by atoms with Crippen LogP contribution in [-0.2, 0) is 7.05 Å². The highest BCUT2D eigenvalue weighted by atomic mass is 16.5. The lowest BCUT2D eigenvalue weighted by atomic mass is 10.1. The predicted octanol–water partition coefficient (Wildman–Crippen LogP) is 0.617. The Balaban J connectivity index is 1.52. The summed E-state index contributed by atoms with van der Waals surface area (Å²) in [6, 6.07) is 1.87. The van der Waals surface area contributed by atoms with Gasteiger partial charge in [0.15, 0.2) is 5.75 Å². The molecule has 1 aliphatic rings. The van der Waals surface area contributed by atoms with E-state index in [1.54, 1.807) is 43.5 Å². The molecule has 0 unspecified atom stereocenters. The van der Waals surface area contributed by atoms with Crippen molar-refractivity contribution in [3.05, 3.63) is 30.4 Å². The molecule has 8 nitrogen and oxygen atoms in total. The monoisotopic (exact) mass is 316 g/mol. The van der Waals surface area contributed by atoms with Crippen molar-refractivity contribution in [2.45, 2.75) is 18.9 Å². The van der Waals surface area contributed by atoms with Crippen LogP contribution in [-0.4, -0.2) is 51.9 Å². The van der Waals surface area contributed by atoms with E-state index < -0.39 is 0 Å². The fraction of sp³-hybridized carbons (Fsp3) is 0.467. The average Bonchev–Trinajstić information content (AvgIpc) is 3.02. The van der Waals surface area contributed by atoms with Crippen LogP contribution >= 0.6 is 0 Å². The Morgan fingerprint density at radius 3 is 2.57 bits per heavy atom. The quantitative estimate of drug-likeness (QED) is 0.890. The third kappa shape index (κ3) is 3.58. The maximum absolute atomic E-state index is 12.1. The van der Waals surface area contributed by atoms with Crippen LogP contribution in [0.15, 0.2) is 24.7 Å². The topological polar surface area (TPSA) is 85.2 Å². The van der Waals surface area contributed by atoms with Crippen LogP contribution in [0.1, 0.15) is 23.3 Å². The van der Waals surface area contributed by atoms with Crippen LogP contribution in [0.3, 0.4) is 0 Å². The van der Waals surface area contributed by atoms with Gasteiger partial charge < -0.3 is 15.0 Å². The number of rotatable bonds is 4. The number of hydrogen-bond donors (Lipinski definition) is 1. The van der Waals surface area contributed by atoms with E-state index in [0.29, 0.717) is 17.4 Å². The van der Waals surface area contributed by atoms with E-state index in [9.17, 15) is 4.79 Å². The van der Waals surface area contributed by atoms with E-state index in [1.807, 2.05) is 0 Å². The molecule has 0 spiro atoms. The first-order valence-electron chi connectivity index (χ1n) is 7.57. The van der Waals surface area contributed by atoms with Gasteiger partial charge in [-0.3, -0.25) is 9.48 Å². The lowest BCUT2D eigenvalue weighted by molar-refractivity contribution is 0.0925. The summed E-state index contributed by atoms with van der Waals surface area (Å²) >= 11 is 0. The van der Waals surface area contributed by atoms with E-state index in [1.165, 1.54) is 0 Å². The number of carbonyl (C=O) groups excluding carboxylic acids is 1. The van der Waals surface area contributed by atoms with Gasteiger partial charge in [-0.25, -0.2) is 9.97 Å². The maximum atomic E-state index is 12.1. The van der Waals surface area contributed by atoms with Gasteiger partial charge in [-0.05, 0) is 18.9 Å². The van der Waals surface area contributed by atoms with Gasteiger partial charge in [-0.1, -0.05) is 0 Å². The number of nitrogens with one attached hydrogen (secondary N) is 1. The number of ether oxygens (including phenoxy) is 1. The van der Waals surface area contributed by atoms with Gasteiger partial charge in [0.2, 0.25) is 5.95 Å². The van der Waals surface area contributed by atoms with Crippen LogP contribution < -0.4 is 15.0 Å². The number of methoxy groups -OCH3 is 1. The maximum Gasteiger partial charge on any atom is 0.271 e. The molecule has 1 N–H and O–H groups in total. The number of hydrogen-bond acceptors (Lipinski definition) is 6. The van der Waals surface area contributed by atoms with Crippen molar-refractivity contribution in [1.82, 2.24) is 25.1 Å². The van der Waals surface area contributed by atoms with Gasteiger partial charge >= 0.3 is 0 Å². The third-order valence-electron chi connectivity index (χ3n) is 3.91. The molecule has 0 radical (unpaired) electrons. The van der Waals surface area contributed by atoms with Gasteiger partial charge in [0.25, 0.3) is 5.91 Å². The molecule has 2 aromatic heterocycles. The molecule has 1 amide bonds. The Bertz CT molecular complexity index is 661. The second kappa shape index (κ2) is 6.64. The Kier molecular flexibility index (Phi) is 4.40. The van der Waals surface area contributed by atoms with Gasteiger partial charge in [0.05, 0.1) is 19.5 Å². The zero-order valence-electron chi connectivity index (χ0n) is 13.3. The molecule has 0 aromatic carbocycles. The minimum absolute atomic E-state index is 0.121. The summed E-state index contributed by atoms with van der Waals surface area (Å²) in [4.78, 5) is 22.8. The molecule has 3 heterocycles. The largest absolute Gasteiger partial charge is 0.494 e. The van der Waals surface area contributed by atoms with Crippen LogP contribution in [0.5, 0.6) is 5.75 Å². The van der Waals surface area contributed by atoms with Crippen molar-refractivity contribution in [2.75, 3.05) is 25.1 Å². The first kappa shape index (κ1) is 15.3. The molecule has 1 fully saturated rings. The Morgan fingerprint density at radius 2 is 2.00 bits per heavy atom. The number of amides is 1. The van der Waals surface area contributed by atoms with Crippen LogP contribution in [0.4, 0.5) is 5.95 Å². The summed E-state index contributed by atoms with van der Waals surface area (Å²) < 4.78 is 6.69. The SMILES string of the molecule is COc1cnc(N2CCC(NC(=O)c3ccn(C)n3)CC2)nc1. The lowest BCUT2D eigenvalue weighted by Crippen LogP contribution is -2.45. The molecule has 0 atom stereocenters. The number of piperidine rings is 1. The number of carbonyl (C=O) groups is 1. The first-order chi connectivity index (χ1) is 11.2. The van der Waals surface area contributed by atoms with E-state index in [2.05, 4.69) is 25.3 Å². The molecular weight excluding hydrogens is 296 g/mol. The van der Waals surface area contributed by atoms with Crippen LogP contribution in [0.2, 0.25) is 0 Å². The normalized spacial score (nSPS) is 15.5. The van der Waals surface area contributed by atoms with Crippen molar-refractivity contribution >= 4 is 11.9 Å². The molecule has 2 aromatic rings. The summed E-state index contributed by atoms with van der Waals surface area (Å²) in [7, 11) is 3.39. The molecule has 23 heavy (non-hydrogen) atoms. The summed E-state index contributed by atoms with van der Waals surface area (Å²) in [6.07, 6.45) is 6.80.